The van der Waals surface area contributed by atoms with Gasteiger partial charge in [0.15, 0.2) is 0 Å². The predicted molar refractivity (Wildman–Crippen MR) is 55.6 cm³/mol. The molecule has 0 bridgehead atoms. The number of carboxylic acids is 1. The van der Waals surface area contributed by atoms with Crippen LogP contribution in [0.3, 0.4) is 0 Å². The van der Waals surface area contributed by atoms with E-state index in [9.17, 15) is 19.5 Å². The monoisotopic (exact) mass is 245 g/mol. The van der Waals surface area contributed by atoms with Gasteiger partial charge in [-0.2, -0.15) is 0 Å². The molecule has 0 aliphatic heterocycles. The number of rotatable bonds is 7. The Kier molecular flexibility index (Phi) is 6.88. The number of carboxylic acid groups (broad SMARTS) is 1. The maximum absolute atomic E-state index is 11.6. The molecule has 7 heteroatoms. The number of hydrogen-bond acceptors (Lipinski definition) is 5. The summed E-state index contributed by atoms with van der Waals surface area (Å²) in [6, 6.07) is -1.11. The van der Waals surface area contributed by atoms with Crippen molar-refractivity contribution in [1.82, 2.24) is 10.8 Å². The first-order chi connectivity index (χ1) is 7.92. The molecular weight excluding hydrogens is 228 g/mol. The molecule has 3 N–H and O–H groups in total. The van der Waals surface area contributed by atoms with E-state index in [1.807, 2.05) is 6.92 Å². The Balaban J connectivity index is 4.43. The van der Waals surface area contributed by atoms with E-state index in [1.54, 1.807) is 0 Å². The van der Waals surface area contributed by atoms with Crippen molar-refractivity contribution in [2.24, 2.45) is 5.92 Å². The van der Waals surface area contributed by atoms with Gasteiger partial charge in [-0.15, -0.1) is 0 Å². The van der Waals surface area contributed by atoms with Crippen molar-refractivity contribution in [3.05, 3.63) is 0 Å². The van der Waals surface area contributed by atoms with E-state index < -0.39 is 29.7 Å². The fourth-order valence-electron chi connectivity index (χ4n) is 1.33. The minimum Gasteiger partial charge on any atom is -0.548 e. The maximum atomic E-state index is 11.6. The Hall–Kier alpha value is -1.63. The molecular formula is C10H17N2O5-. The Morgan fingerprint density at radius 1 is 1.35 bits per heavy atom. The number of hydrogen-bond donors (Lipinski definition) is 3. The summed E-state index contributed by atoms with van der Waals surface area (Å²) in [5.74, 6) is -3.26. The molecule has 7 nitrogen and oxygen atoms in total. The van der Waals surface area contributed by atoms with Crippen LogP contribution < -0.4 is 15.9 Å². The lowest BCUT2D eigenvalue weighted by molar-refractivity contribution is -0.307. The molecule has 0 aromatic heterocycles. The molecule has 0 spiro atoms. The standard InChI is InChI=1S/C10H18N2O5/c1-3-4-7(5-8(13)12-17)9(14)11-6(2)10(15)16/h6-7,17H,3-5H2,1-2H3,(H,11,14)(H,12,13)(H,15,16)/p-1. The van der Waals surface area contributed by atoms with E-state index in [0.717, 1.165) is 0 Å². The number of amides is 2. The highest BCUT2D eigenvalue weighted by molar-refractivity contribution is 5.87. The van der Waals surface area contributed by atoms with E-state index in [0.29, 0.717) is 12.8 Å². The largest absolute Gasteiger partial charge is 0.548 e. The zero-order valence-corrected chi connectivity index (χ0v) is 9.86. The quantitative estimate of drug-likeness (QED) is 0.374. The summed E-state index contributed by atoms with van der Waals surface area (Å²) in [4.78, 5) is 33.0. The topological polar surface area (TPSA) is 119 Å². The third-order valence-electron chi connectivity index (χ3n) is 2.28. The molecule has 17 heavy (non-hydrogen) atoms. The van der Waals surface area contributed by atoms with Gasteiger partial charge >= 0.3 is 0 Å². The van der Waals surface area contributed by atoms with Crippen LogP contribution in [0.2, 0.25) is 0 Å². The Labute approximate surface area is 99.2 Å². The molecule has 0 aliphatic rings. The van der Waals surface area contributed by atoms with Crippen LogP contribution in [0.15, 0.2) is 0 Å². The normalized spacial score (nSPS) is 13.6. The molecule has 2 atom stereocenters. The molecule has 0 aromatic rings. The molecule has 0 heterocycles. The van der Waals surface area contributed by atoms with Gasteiger partial charge in [-0.3, -0.25) is 14.8 Å². The highest BCUT2D eigenvalue weighted by Crippen LogP contribution is 2.11. The minimum absolute atomic E-state index is 0.185. The van der Waals surface area contributed by atoms with E-state index in [-0.39, 0.29) is 6.42 Å². The van der Waals surface area contributed by atoms with Crippen molar-refractivity contribution >= 4 is 17.8 Å². The number of carbonyl (C=O) groups excluding carboxylic acids is 3. The number of carbonyl (C=O) groups is 3. The van der Waals surface area contributed by atoms with Crippen LogP contribution >= 0.6 is 0 Å². The van der Waals surface area contributed by atoms with Crippen molar-refractivity contribution < 1.29 is 24.7 Å². The molecule has 0 saturated carbocycles. The van der Waals surface area contributed by atoms with E-state index >= 15 is 0 Å². The Morgan fingerprint density at radius 2 is 1.94 bits per heavy atom. The van der Waals surface area contributed by atoms with Crippen molar-refractivity contribution in [1.29, 1.82) is 0 Å². The zero-order chi connectivity index (χ0) is 13.4. The van der Waals surface area contributed by atoms with Gasteiger partial charge in [0, 0.05) is 12.3 Å². The van der Waals surface area contributed by atoms with Crippen LogP contribution in [0, 0.1) is 5.92 Å². The van der Waals surface area contributed by atoms with Crippen LogP contribution in [0.5, 0.6) is 0 Å². The SMILES string of the molecule is CCCC(CC(=O)NO)C(=O)NC(C)C(=O)[O-]. The second-order valence-electron chi connectivity index (χ2n) is 3.77. The molecule has 0 fully saturated rings. The highest BCUT2D eigenvalue weighted by atomic mass is 16.5. The first-order valence-corrected chi connectivity index (χ1v) is 5.36. The van der Waals surface area contributed by atoms with Crippen molar-refractivity contribution in [2.45, 2.75) is 39.2 Å². The van der Waals surface area contributed by atoms with Crippen molar-refractivity contribution in [3.8, 4) is 0 Å². The van der Waals surface area contributed by atoms with Gasteiger partial charge < -0.3 is 15.2 Å². The van der Waals surface area contributed by atoms with Crippen molar-refractivity contribution in [2.75, 3.05) is 0 Å². The summed E-state index contributed by atoms with van der Waals surface area (Å²) >= 11 is 0. The molecule has 0 saturated heterocycles. The van der Waals surface area contributed by atoms with Gasteiger partial charge in [0.2, 0.25) is 11.8 Å². The fraction of sp³-hybridized carbons (Fsp3) is 0.700. The average Bonchev–Trinajstić information content (AvgIpc) is 2.27. The third kappa shape index (κ3) is 5.86. The van der Waals surface area contributed by atoms with Gasteiger partial charge in [-0.05, 0) is 13.3 Å². The highest BCUT2D eigenvalue weighted by Gasteiger charge is 2.22. The predicted octanol–water partition coefficient (Wildman–Crippen LogP) is -1.45. The Morgan fingerprint density at radius 3 is 2.35 bits per heavy atom. The number of hydroxylamine groups is 1. The Bertz CT molecular complexity index is 292. The zero-order valence-electron chi connectivity index (χ0n) is 9.86. The second-order valence-corrected chi connectivity index (χ2v) is 3.77. The van der Waals surface area contributed by atoms with Crippen molar-refractivity contribution in [3.63, 3.8) is 0 Å². The molecule has 0 aliphatic carbocycles. The molecule has 2 unspecified atom stereocenters. The minimum atomic E-state index is -1.39. The summed E-state index contributed by atoms with van der Waals surface area (Å²) in [6.07, 6.45) is 0.908. The fourth-order valence-corrected chi connectivity index (χ4v) is 1.33. The lowest BCUT2D eigenvalue weighted by Crippen LogP contribution is -2.48. The van der Waals surface area contributed by atoms with Gasteiger partial charge in [0.05, 0.1) is 12.0 Å². The van der Waals surface area contributed by atoms with Crippen LogP contribution in [-0.4, -0.2) is 29.0 Å². The number of nitrogens with one attached hydrogen (secondary N) is 2. The smallest absolute Gasteiger partial charge is 0.244 e. The maximum Gasteiger partial charge on any atom is 0.244 e. The van der Waals surface area contributed by atoms with Gasteiger partial charge in [-0.1, -0.05) is 13.3 Å². The molecule has 0 aromatic carbocycles. The summed E-state index contributed by atoms with van der Waals surface area (Å²) in [7, 11) is 0. The van der Waals surface area contributed by atoms with Crippen LogP contribution in [0.1, 0.15) is 33.1 Å². The molecule has 0 radical (unpaired) electrons. The summed E-state index contributed by atoms with van der Waals surface area (Å²) in [5, 5.41) is 21.0. The van der Waals surface area contributed by atoms with Gasteiger partial charge in [-0.25, -0.2) is 5.48 Å². The van der Waals surface area contributed by atoms with Crippen LogP contribution in [0.25, 0.3) is 0 Å². The molecule has 0 rings (SSSR count). The lowest BCUT2D eigenvalue weighted by Gasteiger charge is -2.19. The number of aliphatic carboxylic acids is 1. The van der Waals surface area contributed by atoms with Crippen LogP contribution in [-0.2, 0) is 14.4 Å². The lowest BCUT2D eigenvalue weighted by atomic mass is 9.98. The second kappa shape index (κ2) is 7.61. The first kappa shape index (κ1) is 15.4. The summed E-state index contributed by atoms with van der Waals surface area (Å²) in [6.45, 7) is 3.11. The molecule has 2 amide bonds. The third-order valence-corrected chi connectivity index (χ3v) is 2.28. The van der Waals surface area contributed by atoms with E-state index in [4.69, 9.17) is 5.21 Å². The van der Waals surface area contributed by atoms with E-state index in [2.05, 4.69) is 5.32 Å². The summed E-state index contributed by atoms with van der Waals surface area (Å²) < 4.78 is 0. The first-order valence-electron chi connectivity index (χ1n) is 5.36. The molecule has 98 valence electrons. The van der Waals surface area contributed by atoms with Crippen LogP contribution in [0.4, 0.5) is 0 Å². The summed E-state index contributed by atoms with van der Waals surface area (Å²) in [5.41, 5.74) is 1.44. The van der Waals surface area contributed by atoms with Gasteiger partial charge in [0.1, 0.15) is 0 Å². The van der Waals surface area contributed by atoms with Gasteiger partial charge in [0.25, 0.3) is 0 Å². The van der Waals surface area contributed by atoms with E-state index in [1.165, 1.54) is 12.4 Å². The average molecular weight is 245 g/mol.